The van der Waals surface area contributed by atoms with Crippen LogP contribution in [0.5, 0.6) is 0 Å². The van der Waals surface area contributed by atoms with Gasteiger partial charge in [0.05, 0.1) is 12.6 Å². The molecule has 2 amide bonds. The van der Waals surface area contributed by atoms with E-state index in [0.29, 0.717) is 13.0 Å². The van der Waals surface area contributed by atoms with Crippen LogP contribution in [0.15, 0.2) is 0 Å². The molecule has 5 N–H and O–H groups in total. The van der Waals surface area contributed by atoms with E-state index in [4.69, 9.17) is 10.8 Å². The third-order valence-corrected chi connectivity index (χ3v) is 3.15. The van der Waals surface area contributed by atoms with E-state index in [1.807, 2.05) is 20.8 Å². The highest BCUT2D eigenvalue weighted by atomic mass is 16.3. The predicted molar refractivity (Wildman–Crippen MR) is 74.3 cm³/mol. The molecule has 0 spiro atoms. The van der Waals surface area contributed by atoms with Gasteiger partial charge in [-0.3, -0.25) is 9.59 Å². The summed E-state index contributed by atoms with van der Waals surface area (Å²) in [7, 11) is 0. The van der Waals surface area contributed by atoms with Gasteiger partial charge in [0, 0.05) is 13.2 Å². The summed E-state index contributed by atoms with van der Waals surface area (Å²) in [6, 6.07) is -0.592. The van der Waals surface area contributed by atoms with Crippen LogP contribution in [0.25, 0.3) is 0 Å². The Labute approximate surface area is 115 Å². The minimum Gasteiger partial charge on any atom is -0.396 e. The molecule has 0 aliphatic rings. The van der Waals surface area contributed by atoms with Gasteiger partial charge in [-0.2, -0.15) is 0 Å². The van der Waals surface area contributed by atoms with E-state index < -0.39 is 6.04 Å². The lowest BCUT2D eigenvalue weighted by Gasteiger charge is -2.16. The van der Waals surface area contributed by atoms with E-state index >= 15 is 0 Å². The summed E-state index contributed by atoms with van der Waals surface area (Å²) < 4.78 is 0. The minimum atomic E-state index is -0.592. The normalized spacial score (nSPS) is 14.0. The first-order valence-electron chi connectivity index (χ1n) is 6.83. The molecule has 0 fully saturated rings. The van der Waals surface area contributed by atoms with Gasteiger partial charge in [-0.1, -0.05) is 27.2 Å². The maximum Gasteiger partial charge on any atom is 0.239 e. The zero-order chi connectivity index (χ0) is 14.8. The molecule has 0 aliphatic heterocycles. The molecule has 0 aromatic heterocycles. The Hall–Kier alpha value is -1.14. The van der Waals surface area contributed by atoms with Crippen molar-refractivity contribution in [1.29, 1.82) is 0 Å². The van der Waals surface area contributed by atoms with Crippen molar-refractivity contribution < 1.29 is 14.7 Å². The van der Waals surface area contributed by atoms with Gasteiger partial charge >= 0.3 is 0 Å². The Morgan fingerprint density at radius 1 is 1.26 bits per heavy atom. The molecule has 2 atom stereocenters. The van der Waals surface area contributed by atoms with Crippen molar-refractivity contribution in [1.82, 2.24) is 10.6 Å². The molecule has 0 saturated heterocycles. The van der Waals surface area contributed by atoms with Gasteiger partial charge in [0.1, 0.15) is 0 Å². The van der Waals surface area contributed by atoms with Crippen LogP contribution in [-0.4, -0.2) is 42.7 Å². The standard InChI is InChI=1S/C13H27N3O3/c1-4-10(5-6-17)7-15-11(18)8-16-13(19)12(14)9(2)3/h9-10,12,17H,4-8,14H2,1-3H3,(H,15,18)(H,16,19)/t10?,12-/m0/s1. The minimum absolute atomic E-state index is 0.0390. The highest BCUT2D eigenvalue weighted by molar-refractivity contribution is 5.87. The summed E-state index contributed by atoms with van der Waals surface area (Å²) >= 11 is 0. The summed E-state index contributed by atoms with van der Waals surface area (Å²) in [5.74, 6) is -0.243. The zero-order valence-electron chi connectivity index (χ0n) is 12.1. The number of hydrogen-bond donors (Lipinski definition) is 4. The van der Waals surface area contributed by atoms with Crippen molar-refractivity contribution >= 4 is 11.8 Å². The first-order valence-corrected chi connectivity index (χ1v) is 6.83. The van der Waals surface area contributed by atoms with Crippen LogP contribution in [0.1, 0.15) is 33.6 Å². The van der Waals surface area contributed by atoms with Crippen molar-refractivity contribution in [2.24, 2.45) is 17.6 Å². The van der Waals surface area contributed by atoms with E-state index in [1.54, 1.807) is 0 Å². The van der Waals surface area contributed by atoms with Gasteiger partial charge in [-0.15, -0.1) is 0 Å². The third-order valence-electron chi connectivity index (χ3n) is 3.15. The van der Waals surface area contributed by atoms with Gasteiger partial charge in [0.2, 0.25) is 11.8 Å². The molecule has 0 heterocycles. The van der Waals surface area contributed by atoms with E-state index in [-0.39, 0.29) is 36.8 Å². The second-order valence-electron chi connectivity index (χ2n) is 5.08. The van der Waals surface area contributed by atoms with Crippen molar-refractivity contribution in [3.63, 3.8) is 0 Å². The van der Waals surface area contributed by atoms with Crippen molar-refractivity contribution in [3.05, 3.63) is 0 Å². The van der Waals surface area contributed by atoms with Crippen molar-refractivity contribution in [2.75, 3.05) is 19.7 Å². The van der Waals surface area contributed by atoms with Crippen LogP contribution in [0.3, 0.4) is 0 Å². The summed E-state index contributed by atoms with van der Waals surface area (Å²) in [5.41, 5.74) is 5.66. The molecule has 0 radical (unpaired) electrons. The van der Waals surface area contributed by atoms with Gasteiger partial charge in [-0.05, 0) is 18.3 Å². The van der Waals surface area contributed by atoms with Gasteiger partial charge in [-0.25, -0.2) is 0 Å². The Balaban J connectivity index is 3.90. The zero-order valence-corrected chi connectivity index (χ0v) is 12.1. The fourth-order valence-electron chi connectivity index (χ4n) is 1.54. The maximum absolute atomic E-state index is 11.5. The number of hydrogen-bond acceptors (Lipinski definition) is 4. The number of nitrogens with one attached hydrogen (secondary N) is 2. The molecular weight excluding hydrogens is 246 g/mol. The maximum atomic E-state index is 11.5. The highest BCUT2D eigenvalue weighted by Crippen LogP contribution is 2.05. The largest absolute Gasteiger partial charge is 0.396 e. The molecule has 0 saturated carbocycles. The summed E-state index contributed by atoms with van der Waals surface area (Å²) in [6.07, 6.45) is 1.56. The number of aliphatic hydroxyl groups excluding tert-OH is 1. The number of amides is 2. The fraction of sp³-hybridized carbons (Fsp3) is 0.846. The first-order chi connectivity index (χ1) is 8.92. The molecule has 0 rings (SSSR count). The molecule has 0 aromatic carbocycles. The van der Waals surface area contributed by atoms with Crippen LogP contribution >= 0.6 is 0 Å². The lowest BCUT2D eigenvalue weighted by Crippen LogP contribution is -2.47. The monoisotopic (exact) mass is 273 g/mol. The van der Waals surface area contributed by atoms with Gasteiger partial charge in [0.25, 0.3) is 0 Å². The molecule has 0 bridgehead atoms. The van der Waals surface area contributed by atoms with Gasteiger partial charge < -0.3 is 21.5 Å². The summed E-state index contributed by atoms with van der Waals surface area (Å²) in [6.45, 7) is 6.29. The number of carbonyl (C=O) groups is 2. The highest BCUT2D eigenvalue weighted by Gasteiger charge is 2.17. The lowest BCUT2D eigenvalue weighted by molar-refractivity contribution is -0.127. The fourth-order valence-corrected chi connectivity index (χ4v) is 1.54. The SMILES string of the molecule is CCC(CCO)CNC(=O)CNC(=O)[C@@H](N)C(C)C. The molecule has 112 valence electrons. The van der Waals surface area contributed by atoms with E-state index in [1.165, 1.54) is 0 Å². The molecule has 0 aromatic rings. The van der Waals surface area contributed by atoms with Crippen LogP contribution in [0, 0.1) is 11.8 Å². The smallest absolute Gasteiger partial charge is 0.239 e. The Morgan fingerprint density at radius 3 is 2.37 bits per heavy atom. The number of rotatable bonds is 9. The molecule has 6 nitrogen and oxygen atoms in total. The van der Waals surface area contributed by atoms with E-state index in [0.717, 1.165) is 6.42 Å². The van der Waals surface area contributed by atoms with Gasteiger partial charge in [0.15, 0.2) is 0 Å². The number of carbonyl (C=O) groups excluding carboxylic acids is 2. The lowest BCUT2D eigenvalue weighted by atomic mass is 10.0. The first kappa shape index (κ1) is 17.9. The molecular formula is C13H27N3O3. The Morgan fingerprint density at radius 2 is 1.89 bits per heavy atom. The summed E-state index contributed by atoms with van der Waals surface area (Å²) in [4.78, 5) is 23.1. The molecule has 0 aliphatic carbocycles. The van der Waals surface area contributed by atoms with E-state index in [9.17, 15) is 9.59 Å². The average molecular weight is 273 g/mol. The molecule has 6 heteroatoms. The van der Waals surface area contributed by atoms with Crippen LogP contribution in [0.2, 0.25) is 0 Å². The molecule has 19 heavy (non-hydrogen) atoms. The quantitative estimate of drug-likeness (QED) is 0.459. The topological polar surface area (TPSA) is 104 Å². The number of nitrogens with two attached hydrogens (primary N) is 1. The summed E-state index contributed by atoms with van der Waals surface area (Å²) in [5, 5.41) is 14.1. The van der Waals surface area contributed by atoms with Crippen molar-refractivity contribution in [2.45, 2.75) is 39.7 Å². The molecule has 1 unspecified atom stereocenters. The van der Waals surface area contributed by atoms with Crippen molar-refractivity contribution in [3.8, 4) is 0 Å². The average Bonchev–Trinajstić information content (AvgIpc) is 2.39. The third kappa shape index (κ3) is 7.79. The predicted octanol–water partition coefficient (Wildman–Crippen LogP) is -0.389. The number of aliphatic hydroxyl groups is 1. The second-order valence-corrected chi connectivity index (χ2v) is 5.08. The van der Waals surface area contributed by atoms with Crippen LogP contribution in [-0.2, 0) is 9.59 Å². The van der Waals surface area contributed by atoms with Crippen LogP contribution < -0.4 is 16.4 Å². The Bertz CT molecular complexity index is 282. The second kappa shape index (κ2) is 9.75. The van der Waals surface area contributed by atoms with E-state index in [2.05, 4.69) is 10.6 Å². The Kier molecular flexibility index (Phi) is 9.16. The van der Waals surface area contributed by atoms with Crippen LogP contribution in [0.4, 0.5) is 0 Å².